The molecule has 0 aliphatic carbocycles. The molecule has 1 aromatic heterocycles. The Morgan fingerprint density at radius 3 is 2.55 bits per heavy atom. The average Bonchev–Trinajstić information content (AvgIpc) is 1.86. The zero-order valence-electron chi connectivity index (χ0n) is 5.72. The van der Waals surface area contributed by atoms with Gasteiger partial charge in [-0.1, -0.05) is 0 Å². The Hall–Kier alpha value is -1.01. The van der Waals surface area contributed by atoms with Gasteiger partial charge in [-0.05, 0) is 13.0 Å². The summed E-state index contributed by atoms with van der Waals surface area (Å²) in [6, 6.07) is 1.19. The van der Waals surface area contributed by atoms with Crippen LogP contribution >= 0.6 is 0 Å². The van der Waals surface area contributed by atoms with Gasteiger partial charge in [0.25, 0.3) is 10.1 Å². The molecule has 11 heavy (non-hydrogen) atoms. The van der Waals surface area contributed by atoms with E-state index >= 15 is 0 Å². The summed E-state index contributed by atoms with van der Waals surface area (Å²) in [5, 5.41) is 6.89. The second-order valence-electron chi connectivity index (χ2n) is 1.96. The molecular weight excluding hydrogens is 168 g/mol. The molecule has 1 N–H and O–H groups in total. The number of nitrogens with zero attached hydrogens (tertiary/aromatic N) is 2. The van der Waals surface area contributed by atoms with E-state index in [-0.39, 0.29) is 10.6 Å². The summed E-state index contributed by atoms with van der Waals surface area (Å²) in [6.07, 6.45) is 1.20. The third kappa shape index (κ3) is 1.72. The van der Waals surface area contributed by atoms with Crippen LogP contribution in [0.5, 0.6) is 0 Å². The van der Waals surface area contributed by atoms with Gasteiger partial charge in [0.05, 0.1) is 11.9 Å². The van der Waals surface area contributed by atoms with Crippen molar-refractivity contribution in [3.05, 3.63) is 18.0 Å². The minimum absolute atomic E-state index is 0.190. The number of hydrogen-bond acceptors (Lipinski definition) is 4. The summed E-state index contributed by atoms with van der Waals surface area (Å²) in [4.78, 5) is -0.201. The smallest absolute Gasteiger partial charge is 0.282 e. The fourth-order valence-electron chi connectivity index (χ4n) is 0.663. The first-order valence-corrected chi connectivity index (χ1v) is 4.21. The summed E-state index contributed by atoms with van der Waals surface area (Å²) in [7, 11) is -4.14. The van der Waals surface area contributed by atoms with Crippen molar-refractivity contribution in [3.63, 3.8) is 0 Å². The molecule has 1 heterocycles. The molecule has 60 valence electrons. The Bertz CT molecular complexity index is 360. The summed E-state index contributed by atoms with van der Waals surface area (Å²) >= 11 is 0. The minimum atomic E-state index is -4.14. The first kappa shape index (κ1) is 8.09. The van der Waals surface area contributed by atoms with Gasteiger partial charge >= 0.3 is 0 Å². The van der Waals surface area contributed by atoms with Gasteiger partial charge in [0.1, 0.15) is 4.90 Å². The highest BCUT2D eigenvalue weighted by atomic mass is 32.2. The van der Waals surface area contributed by atoms with E-state index in [0.29, 0.717) is 0 Å². The normalized spacial score (nSPS) is 11.5. The molecule has 5 nitrogen and oxygen atoms in total. The van der Waals surface area contributed by atoms with E-state index in [1.165, 1.54) is 19.2 Å². The van der Waals surface area contributed by atoms with Gasteiger partial charge in [-0.3, -0.25) is 4.55 Å². The van der Waals surface area contributed by atoms with Gasteiger partial charge in [0.15, 0.2) is 0 Å². The number of hydrogen-bond donors (Lipinski definition) is 1. The number of aromatic nitrogens is 2. The van der Waals surface area contributed by atoms with Crippen LogP contribution in [0.4, 0.5) is 0 Å². The van der Waals surface area contributed by atoms with Gasteiger partial charge in [-0.15, -0.1) is 0 Å². The van der Waals surface area contributed by atoms with Crippen molar-refractivity contribution in [3.8, 4) is 0 Å². The second kappa shape index (κ2) is 2.55. The van der Waals surface area contributed by atoms with Crippen molar-refractivity contribution in [1.82, 2.24) is 10.2 Å². The molecule has 0 saturated carbocycles. The predicted molar refractivity (Wildman–Crippen MR) is 36.6 cm³/mol. The standard InChI is InChI=1S/C5H6N2O3S/c1-4-5(11(8,9)10)2-3-6-7-4/h2-3H,1H3,(H,8,9,10). The van der Waals surface area contributed by atoms with Crippen molar-refractivity contribution in [2.24, 2.45) is 0 Å². The Morgan fingerprint density at radius 1 is 1.55 bits per heavy atom. The van der Waals surface area contributed by atoms with Crippen molar-refractivity contribution in [2.45, 2.75) is 11.8 Å². The molecule has 6 heteroatoms. The molecule has 1 aromatic rings. The quantitative estimate of drug-likeness (QED) is 0.607. The van der Waals surface area contributed by atoms with Crippen LogP contribution in [0.1, 0.15) is 5.69 Å². The third-order valence-electron chi connectivity index (χ3n) is 1.13. The highest BCUT2D eigenvalue weighted by Crippen LogP contribution is 2.08. The molecule has 1 rings (SSSR count). The lowest BCUT2D eigenvalue weighted by Crippen LogP contribution is -2.02. The Balaban J connectivity index is 3.37. The Labute approximate surface area is 63.8 Å². The average molecular weight is 174 g/mol. The fourth-order valence-corrected chi connectivity index (χ4v) is 1.31. The van der Waals surface area contributed by atoms with Crippen LogP contribution in [0.15, 0.2) is 17.2 Å². The monoisotopic (exact) mass is 174 g/mol. The van der Waals surface area contributed by atoms with E-state index < -0.39 is 10.1 Å². The first-order valence-electron chi connectivity index (χ1n) is 2.77. The topological polar surface area (TPSA) is 80.2 Å². The van der Waals surface area contributed by atoms with Crippen LogP contribution in [0.3, 0.4) is 0 Å². The summed E-state index contributed by atoms with van der Waals surface area (Å²) < 4.78 is 29.7. The largest absolute Gasteiger partial charge is 0.296 e. The van der Waals surface area contributed by atoms with E-state index in [9.17, 15) is 8.42 Å². The lowest BCUT2D eigenvalue weighted by molar-refractivity contribution is 0.481. The highest BCUT2D eigenvalue weighted by Gasteiger charge is 2.12. The summed E-state index contributed by atoms with van der Waals surface area (Å²) in [5.74, 6) is 0. The van der Waals surface area contributed by atoms with E-state index in [0.717, 1.165) is 0 Å². The fraction of sp³-hybridized carbons (Fsp3) is 0.200. The molecule has 0 aromatic carbocycles. The van der Waals surface area contributed by atoms with E-state index in [1.54, 1.807) is 0 Å². The van der Waals surface area contributed by atoms with Crippen LogP contribution in [0, 0.1) is 6.92 Å². The molecule has 0 saturated heterocycles. The van der Waals surface area contributed by atoms with E-state index in [4.69, 9.17) is 4.55 Å². The molecule has 0 radical (unpaired) electrons. The van der Waals surface area contributed by atoms with E-state index in [1.807, 2.05) is 0 Å². The predicted octanol–water partition coefficient (Wildman–Crippen LogP) is 0.0317. The zero-order valence-corrected chi connectivity index (χ0v) is 6.54. The summed E-state index contributed by atoms with van der Waals surface area (Å²) in [5.41, 5.74) is 0.190. The van der Waals surface area contributed by atoms with Crippen molar-refractivity contribution in [1.29, 1.82) is 0 Å². The maximum atomic E-state index is 10.5. The Morgan fingerprint density at radius 2 is 2.18 bits per heavy atom. The molecule has 0 aliphatic rings. The lowest BCUT2D eigenvalue weighted by Gasteiger charge is -1.96. The molecule has 0 unspecified atom stereocenters. The molecular formula is C5H6N2O3S. The van der Waals surface area contributed by atoms with Crippen LogP contribution < -0.4 is 0 Å². The van der Waals surface area contributed by atoms with Crippen LogP contribution in [-0.4, -0.2) is 23.2 Å². The number of aryl methyl sites for hydroxylation is 1. The summed E-state index contributed by atoms with van der Waals surface area (Å²) in [6.45, 7) is 1.45. The van der Waals surface area contributed by atoms with E-state index in [2.05, 4.69) is 10.2 Å². The van der Waals surface area contributed by atoms with Gasteiger partial charge in [0.2, 0.25) is 0 Å². The van der Waals surface area contributed by atoms with Crippen molar-refractivity contribution in [2.75, 3.05) is 0 Å². The van der Waals surface area contributed by atoms with Gasteiger partial charge in [-0.25, -0.2) is 0 Å². The molecule has 0 aliphatic heterocycles. The van der Waals surface area contributed by atoms with Crippen LogP contribution in [0.2, 0.25) is 0 Å². The maximum Gasteiger partial charge on any atom is 0.296 e. The molecule has 0 bridgehead atoms. The second-order valence-corrected chi connectivity index (χ2v) is 3.35. The molecule has 0 spiro atoms. The highest BCUT2D eigenvalue weighted by molar-refractivity contribution is 7.85. The lowest BCUT2D eigenvalue weighted by atomic mass is 10.4. The Kier molecular flexibility index (Phi) is 1.88. The van der Waals surface area contributed by atoms with Crippen LogP contribution in [-0.2, 0) is 10.1 Å². The van der Waals surface area contributed by atoms with Crippen molar-refractivity contribution >= 4 is 10.1 Å². The van der Waals surface area contributed by atoms with Crippen LogP contribution in [0.25, 0.3) is 0 Å². The molecule has 0 fully saturated rings. The zero-order chi connectivity index (χ0) is 8.48. The molecule has 0 amide bonds. The van der Waals surface area contributed by atoms with Crippen molar-refractivity contribution < 1.29 is 13.0 Å². The molecule has 0 atom stereocenters. The van der Waals surface area contributed by atoms with Gasteiger partial charge in [-0.2, -0.15) is 18.6 Å². The SMILES string of the molecule is Cc1nnccc1S(=O)(=O)O. The third-order valence-corrected chi connectivity index (χ3v) is 2.12. The van der Waals surface area contributed by atoms with Gasteiger partial charge < -0.3 is 0 Å². The maximum absolute atomic E-state index is 10.5. The minimum Gasteiger partial charge on any atom is -0.282 e. The van der Waals surface area contributed by atoms with Gasteiger partial charge in [0, 0.05) is 0 Å². The first-order chi connectivity index (χ1) is 5.02. The number of rotatable bonds is 1.